The molecule has 4 aliphatic heterocycles. The van der Waals surface area contributed by atoms with E-state index in [9.17, 15) is 22.8 Å². The number of methoxy groups -OCH3 is 1. The Morgan fingerprint density at radius 3 is 2.53 bits per heavy atom. The van der Waals surface area contributed by atoms with Crippen molar-refractivity contribution in [2.24, 2.45) is 0 Å². The molecular weight excluding hydrogens is 615 g/mol. The second-order valence-corrected chi connectivity index (χ2v) is 12.9. The Balaban J connectivity index is 1.17. The molecule has 2 N–H and O–H groups in total. The maximum absolute atomic E-state index is 14.0. The van der Waals surface area contributed by atoms with Crippen molar-refractivity contribution in [3.05, 3.63) is 35.5 Å². The molecule has 0 radical (unpaired) electrons. The van der Waals surface area contributed by atoms with Gasteiger partial charge in [0.05, 0.1) is 78.8 Å². The molecule has 5 aliphatic rings. The van der Waals surface area contributed by atoms with Gasteiger partial charge in [0.15, 0.2) is 10.7 Å². The molecule has 2 unspecified atom stereocenters. The van der Waals surface area contributed by atoms with Crippen LogP contribution in [0.4, 0.5) is 24.0 Å². The molecule has 1 aromatic carbocycles. The summed E-state index contributed by atoms with van der Waals surface area (Å²) in [6, 6.07) is 5.41. The van der Waals surface area contributed by atoms with Crippen molar-refractivity contribution >= 4 is 44.2 Å². The molecule has 15 heteroatoms. The molecule has 240 valence electrons. The fraction of sp³-hybridized carbons (Fsp3) is 0.533. The third kappa shape index (κ3) is 5.04. The minimum atomic E-state index is -4.48. The Morgan fingerprint density at radius 2 is 1.91 bits per heavy atom. The van der Waals surface area contributed by atoms with Crippen LogP contribution in [0, 0.1) is 0 Å². The molecule has 3 aromatic rings. The van der Waals surface area contributed by atoms with Gasteiger partial charge < -0.3 is 34.5 Å². The molecule has 8 rings (SSSR count). The van der Waals surface area contributed by atoms with E-state index in [0.29, 0.717) is 35.8 Å². The van der Waals surface area contributed by atoms with Crippen LogP contribution in [0.2, 0.25) is 0 Å². The van der Waals surface area contributed by atoms with Crippen molar-refractivity contribution in [3.63, 3.8) is 0 Å². The van der Waals surface area contributed by atoms with E-state index in [2.05, 4.69) is 20.5 Å². The van der Waals surface area contributed by atoms with E-state index in [0.717, 1.165) is 11.6 Å². The number of thiazole rings is 1. The van der Waals surface area contributed by atoms with Crippen molar-refractivity contribution in [1.29, 1.82) is 0 Å². The van der Waals surface area contributed by atoms with E-state index >= 15 is 0 Å². The van der Waals surface area contributed by atoms with Gasteiger partial charge in [0.2, 0.25) is 5.88 Å². The fourth-order valence-electron chi connectivity index (χ4n) is 6.77. The van der Waals surface area contributed by atoms with Gasteiger partial charge in [-0.2, -0.15) is 13.2 Å². The first-order valence-corrected chi connectivity index (χ1v) is 15.7. The van der Waals surface area contributed by atoms with E-state index < -0.39 is 29.1 Å². The predicted octanol–water partition coefficient (Wildman–Crippen LogP) is 4.70. The zero-order chi connectivity index (χ0) is 31.6. The molecule has 0 spiro atoms. The summed E-state index contributed by atoms with van der Waals surface area (Å²) in [7, 11) is 1.39. The summed E-state index contributed by atoms with van der Waals surface area (Å²) in [6.07, 6.45) is -2.39. The van der Waals surface area contributed by atoms with Crippen LogP contribution in [0.3, 0.4) is 0 Å². The molecule has 2 amide bonds. The number of benzene rings is 1. The van der Waals surface area contributed by atoms with Gasteiger partial charge >= 0.3 is 6.18 Å². The van der Waals surface area contributed by atoms with Crippen molar-refractivity contribution in [2.45, 2.75) is 68.4 Å². The fourth-order valence-corrected chi connectivity index (χ4v) is 8.01. The first-order valence-electron chi connectivity index (χ1n) is 14.9. The molecule has 5 fully saturated rings. The number of anilines is 2. The van der Waals surface area contributed by atoms with E-state index in [4.69, 9.17) is 23.9 Å². The standard InChI is InChI=1S/C30H32F3N5O6S/c1-3-43-21-5-4-19-24(45-27(36-19)38-16-10-17(38)14-42-13-16)23(21)26(40)35-20-12-34-22(41-2)11-18(20)25(39)37-28-6-8-29(9-7-28,44-15-28)30(31,32)33/h4-5,11-12,16-17H,3,6-10,13-15H2,1-2H3,(H,35,40)(H,37,39). The number of amides is 2. The topological polar surface area (TPSA) is 124 Å². The second kappa shape index (κ2) is 11.0. The number of hydrogen-bond acceptors (Lipinski definition) is 10. The number of nitrogens with one attached hydrogen (secondary N) is 2. The zero-order valence-electron chi connectivity index (χ0n) is 24.7. The van der Waals surface area contributed by atoms with E-state index in [1.807, 2.05) is 13.0 Å². The van der Waals surface area contributed by atoms with Crippen molar-refractivity contribution < 1.29 is 41.7 Å². The summed E-state index contributed by atoms with van der Waals surface area (Å²) in [5.41, 5.74) is -2.07. The SMILES string of the molecule is CCOc1ccc2nc(N3C4COCC3C4)sc2c1C(=O)Nc1cnc(OC)cc1C(=O)NC12CCC(C(F)(F)F)(CC1)OC2. The van der Waals surface area contributed by atoms with E-state index in [1.54, 1.807) is 6.07 Å². The minimum Gasteiger partial charge on any atom is -0.493 e. The molecule has 6 heterocycles. The molecular formula is C30H32F3N5O6S. The number of fused-ring (bicyclic) bond motifs is 6. The molecule has 4 bridgehead atoms. The van der Waals surface area contributed by atoms with Gasteiger partial charge in [-0.15, -0.1) is 0 Å². The summed E-state index contributed by atoms with van der Waals surface area (Å²) < 4.78 is 63.7. The summed E-state index contributed by atoms with van der Waals surface area (Å²) in [6.45, 7) is 3.15. The maximum Gasteiger partial charge on any atom is 0.417 e. The highest BCUT2D eigenvalue weighted by atomic mass is 32.1. The Bertz CT molecular complexity index is 1630. The maximum atomic E-state index is 14.0. The average Bonchev–Trinajstić information content (AvgIpc) is 3.44. The summed E-state index contributed by atoms with van der Waals surface area (Å²) in [5, 5.41) is 6.54. The average molecular weight is 648 g/mol. The number of ether oxygens (including phenoxy) is 4. The lowest BCUT2D eigenvalue weighted by Gasteiger charge is -2.53. The van der Waals surface area contributed by atoms with E-state index in [1.165, 1.54) is 30.7 Å². The van der Waals surface area contributed by atoms with Crippen LogP contribution in [0.25, 0.3) is 10.2 Å². The van der Waals surface area contributed by atoms with E-state index in [-0.39, 0.29) is 67.1 Å². The third-order valence-electron chi connectivity index (χ3n) is 9.32. The van der Waals surface area contributed by atoms with Crippen LogP contribution in [-0.2, 0) is 9.47 Å². The Kier molecular flexibility index (Phi) is 7.32. The highest BCUT2D eigenvalue weighted by Gasteiger charge is 2.63. The highest BCUT2D eigenvalue weighted by Crippen LogP contribution is 2.51. The molecule has 1 saturated carbocycles. The number of morpholine rings is 1. The first kappa shape index (κ1) is 30.0. The number of rotatable bonds is 8. The highest BCUT2D eigenvalue weighted by molar-refractivity contribution is 7.22. The number of pyridine rings is 1. The molecule has 4 saturated heterocycles. The van der Waals surface area contributed by atoms with Gasteiger partial charge in [0.1, 0.15) is 11.3 Å². The normalized spacial score (nSPS) is 27.2. The Hall–Kier alpha value is -3.69. The number of carbonyl (C=O) groups is 2. The van der Waals surface area contributed by atoms with Crippen molar-refractivity contribution in [2.75, 3.05) is 43.8 Å². The van der Waals surface area contributed by atoms with Gasteiger partial charge in [-0.1, -0.05) is 11.3 Å². The lowest BCUT2D eigenvalue weighted by atomic mass is 9.70. The number of carbonyl (C=O) groups excluding carboxylic acids is 2. The number of aromatic nitrogens is 2. The molecule has 2 atom stereocenters. The second-order valence-electron chi connectivity index (χ2n) is 11.9. The van der Waals surface area contributed by atoms with Crippen LogP contribution in [-0.4, -0.2) is 84.7 Å². The lowest BCUT2D eigenvalue weighted by Crippen LogP contribution is -2.66. The monoisotopic (exact) mass is 647 g/mol. The van der Waals surface area contributed by atoms with Crippen LogP contribution in [0.1, 0.15) is 59.7 Å². The minimum absolute atomic E-state index is 0.0475. The zero-order valence-corrected chi connectivity index (χ0v) is 25.5. The molecule has 11 nitrogen and oxygen atoms in total. The van der Waals surface area contributed by atoms with Gasteiger partial charge in [0, 0.05) is 6.07 Å². The lowest BCUT2D eigenvalue weighted by molar-refractivity contribution is -0.317. The largest absolute Gasteiger partial charge is 0.493 e. The van der Waals surface area contributed by atoms with Gasteiger partial charge in [-0.05, 0) is 51.2 Å². The smallest absolute Gasteiger partial charge is 0.417 e. The number of alkyl halides is 3. The summed E-state index contributed by atoms with van der Waals surface area (Å²) >= 11 is 1.40. The Labute approximate surface area is 260 Å². The van der Waals surface area contributed by atoms with Crippen LogP contribution >= 0.6 is 11.3 Å². The molecule has 1 aliphatic carbocycles. The summed E-state index contributed by atoms with van der Waals surface area (Å²) in [4.78, 5) is 38.9. The van der Waals surface area contributed by atoms with Crippen LogP contribution in [0.5, 0.6) is 11.6 Å². The molecule has 2 aromatic heterocycles. The number of hydrogen-bond donors (Lipinski definition) is 2. The number of halogens is 3. The number of nitrogens with zero attached hydrogens (tertiary/aromatic N) is 3. The Morgan fingerprint density at radius 1 is 1.16 bits per heavy atom. The van der Waals surface area contributed by atoms with Crippen LogP contribution in [0.15, 0.2) is 24.4 Å². The van der Waals surface area contributed by atoms with Crippen LogP contribution < -0.4 is 25.0 Å². The van der Waals surface area contributed by atoms with Crippen molar-refractivity contribution in [3.8, 4) is 11.6 Å². The van der Waals surface area contributed by atoms with Crippen molar-refractivity contribution in [1.82, 2.24) is 15.3 Å². The van der Waals surface area contributed by atoms with Gasteiger partial charge in [-0.25, -0.2) is 9.97 Å². The van der Waals surface area contributed by atoms with Gasteiger partial charge in [0.25, 0.3) is 11.8 Å². The first-order chi connectivity index (χ1) is 21.6. The quantitative estimate of drug-likeness (QED) is 0.358. The third-order valence-corrected chi connectivity index (χ3v) is 10.4. The summed E-state index contributed by atoms with van der Waals surface area (Å²) in [5.74, 6) is -0.625. The molecule has 45 heavy (non-hydrogen) atoms. The predicted molar refractivity (Wildman–Crippen MR) is 158 cm³/mol. The van der Waals surface area contributed by atoms with Gasteiger partial charge in [-0.3, -0.25) is 9.59 Å².